The van der Waals surface area contributed by atoms with E-state index in [9.17, 15) is 5.11 Å². The number of aliphatic hydroxyl groups excluding tert-OH is 1. The maximum Gasteiger partial charge on any atom is 0.124 e. The van der Waals surface area contributed by atoms with E-state index < -0.39 is 0 Å². The minimum Gasteiger partial charge on any atom is -0.496 e. The zero-order valence-corrected chi connectivity index (χ0v) is 9.79. The molecule has 0 aromatic heterocycles. The molecule has 0 bridgehead atoms. The monoisotopic (exact) mass is 208 g/mol. The van der Waals surface area contributed by atoms with E-state index in [4.69, 9.17) is 4.74 Å². The smallest absolute Gasteiger partial charge is 0.124 e. The minimum absolute atomic E-state index is 0.0392. The number of aliphatic hydroxyl groups is 1. The van der Waals surface area contributed by atoms with Crippen LogP contribution in [0.15, 0.2) is 18.2 Å². The minimum atomic E-state index is 0.0392. The maximum atomic E-state index is 9.19. The van der Waals surface area contributed by atoms with Gasteiger partial charge in [-0.2, -0.15) is 0 Å². The summed E-state index contributed by atoms with van der Waals surface area (Å²) in [6, 6.07) is 6.04. The fourth-order valence-electron chi connectivity index (χ4n) is 1.63. The lowest BCUT2D eigenvalue weighted by Gasteiger charge is -2.11. The van der Waals surface area contributed by atoms with Crippen LogP contribution in [0.2, 0.25) is 0 Å². The quantitative estimate of drug-likeness (QED) is 0.806. The Hall–Kier alpha value is -1.02. The molecule has 0 heterocycles. The number of hydrogen-bond acceptors (Lipinski definition) is 2. The van der Waals surface area contributed by atoms with Crippen molar-refractivity contribution in [3.63, 3.8) is 0 Å². The highest BCUT2D eigenvalue weighted by atomic mass is 16.5. The van der Waals surface area contributed by atoms with Gasteiger partial charge in [0.25, 0.3) is 0 Å². The molecule has 1 atom stereocenters. The molecule has 1 unspecified atom stereocenters. The normalized spacial score (nSPS) is 12.5. The van der Waals surface area contributed by atoms with E-state index >= 15 is 0 Å². The summed E-state index contributed by atoms with van der Waals surface area (Å²) >= 11 is 0. The van der Waals surface area contributed by atoms with Gasteiger partial charge in [-0.1, -0.05) is 26.3 Å². The van der Waals surface area contributed by atoms with Crippen LogP contribution in [0.25, 0.3) is 0 Å². The van der Waals surface area contributed by atoms with Gasteiger partial charge in [0.2, 0.25) is 0 Å². The van der Waals surface area contributed by atoms with Crippen molar-refractivity contribution in [1.29, 1.82) is 0 Å². The van der Waals surface area contributed by atoms with Gasteiger partial charge in [0.15, 0.2) is 0 Å². The summed E-state index contributed by atoms with van der Waals surface area (Å²) in [6.45, 7) is 4.47. The predicted octanol–water partition coefficient (Wildman–Crippen LogP) is 2.78. The summed E-state index contributed by atoms with van der Waals surface area (Å²) in [5.41, 5.74) is 2.15. The number of rotatable bonds is 5. The second-order valence-corrected chi connectivity index (χ2v) is 4.02. The van der Waals surface area contributed by atoms with E-state index in [0.717, 1.165) is 17.7 Å². The van der Waals surface area contributed by atoms with Crippen molar-refractivity contribution < 1.29 is 9.84 Å². The standard InChI is InChI=1S/C13H20O2/c1-4-10(2)7-11-5-6-13(15-3)12(8-11)9-14/h5-6,8,10,14H,4,7,9H2,1-3H3. The molecular weight excluding hydrogens is 188 g/mol. The Morgan fingerprint density at radius 2 is 2.13 bits per heavy atom. The van der Waals surface area contributed by atoms with E-state index in [1.165, 1.54) is 12.0 Å². The molecule has 1 N–H and O–H groups in total. The molecule has 0 aliphatic rings. The van der Waals surface area contributed by atoms with Crippen molar-refractivity contribution in [2.45, 2.75) is 33.3 Å². The van der Waals surface area contributed by atoms with Crippen molar-refractivity contribution in [3.8, 4) is 5.75 Å². The summed E-state index contributed by atoms with van der Waals surface area (Å²) in [4.78, 5) is 0. The van der Waals surface area contributed by atoms with Crippen molar-refractivity contribution in [2.75, 3.05) is 7.11 Å². The Morgan fingerprint density at radius 3 is 2.67 bits per heavy atom. The van der Waals surface area contributed by atoms with Crippen LogP contribution in [-0.4, -0.2) is 12.2 Å². The van der Waals surface area contributed by atoms with Gasteiger partial charge in [-0.3, -0.25) is 0 Å². The third-order valence-electron chi connectivity index (χ3n) is 2.80. The molecule has 0 radical (unpaired) electrons. The van der Waals surface area contributed by atoms with Crippen LogP contribution in [0.3, 0.4) is 0 Å². The first-order valence-corrected chi connectivity index (χ1v) is 5.47. The Labute approximate surface area is 91.9 Å². The van der Waals surface area contributed by atoms with E-state index in [0.29, 0.717) is 5.92 Å². The fourth-order valence-corrected chi connectivity index (χ4v) is 1.63. The van der Waals surface area contributed by atoms with Crippen LogP contribution in [0.1, 0.15) is 31.4 Å². The average Bonchev–Trinajstić information content (AvgIpc) is 2.28. The largest absolute Gasteiger partial charge is 0.496 e. The highest BCUT2D eigenvalue weighted by molar-refractivity contribution is 5.36. The molecule has 1 rings (SSSR count). The number of benzene rings is 1. The first kappa shape index (κ1) is 12.1. The van der Waals surface area contributed by atoms with E-state index in [1.54, 1.807) is 7.11 Å². The topological polar surface area (TPSA) is 29.5 Å². The van der Waals surface area contributed by atoms with Gasteiger partial charge >= 0.3 is 0 Å². The summed E-state index contributed by atoms with van der Waals surface area (Å²) in [5, 5.41) is 9.19. The second-order valence-electron chi connectivity index (χ2n) is 4.02. The van der Waals surface area contributed by atoms with Crippen molar-refractivity contribution in [3.05, 3.63) is 29.3 Å². The Morgan fingerprint density at radius 1 is 1.40 bits per heavy atom. The molecule has 2 heteroatoms. The Bertz CT molecular complexity index is 307. The van der Waals surface area contributed by atoms with E-state index in [-0.39, 0.29) is 6.61 Å². The molecule has 1 aromatic rings. The molecule has 0 aliphatic carbocycles. The highest BCUT2D eigenvalue weighted by Crippen LogP contribution is 2.21. The number of ether oxygens (including phenoxy) is 1. The Kier molecular flexibility index (Phi) is 4.63. The van der Waals surface area contributed by atoms with Crippen LogP contribution in [0, 0.1) is 5.92 Å². The highest BCUT2D eigenvalue weighted by Gasteiger charge is 2.05. The van der Waals surface area contributed by atoms with Crippen LogP contribution in [-0.2, 0) is 13.0 Å². The lowest BCUT2D eigenvalue weighted by molar-refractivity contribution is 0.273. The summed E-state index contributed by atoms with van der Waals surface area (Å²) in [5.74, 6) is 1.45. The lowest BCUT2D eigenvalue weighted by atomic mass is 9.97. The molecule has 0 aliphatic heterocycles. The fraction of sp³-hybridized carbons (Fsp3) is 0.538. The zero-order chi connectivity index (χ0) is 11.3. The molecule has 15 heavy (non-hydrogen) atoms. The van der Waals surface area contributed by atoms with Gasteiger partial charge < -0.3 is 9.84 Å². The summed E-state index contributed by atoms with van der Waals surface area (Å²) < 4.78 is 5.16. The lowest BCUT2D eigenvalue weighted by Crippen LogP contribution is -2.00. The first-order chi connectivity index (χ1) is 7.21. The molecule has 84 valence electrons. The van der Waals surface area contributed by atoms with Gasteiger partial charge in [0.1, 0.15) is 5.75 Å². The predicted molar refractivity (Wildman–Crippen MR) is 62.1 cm³/mol. The zero-order valence-electron chi connectivity index (χ0n) is 9.79. The van der Waals surface area contributed by atoms with Crippen molar-refractivity contribution >= 4 is 0 Å². The first-order valence-electron chi connectivity index (χ1n) is 5.47. The SMILES string of the molecule is CCC(C)Cc1ccc(OC)c(CO)c1. The molecule has 0 saturated carbocycles. The third-order valence-corrected chi connectivity index (χ3v) is 2.80. The summed E-state index contributed by atoms with van der Waals surface area (Å²) in [7, 11) is 1.63. The van der Waals surface area contributed by atoms with Crippen molar-refractivity contribution in [1.82, 2.24) is 0 Å². The van der Waals surface area contributed by atoms with Gasteiger partial charge in [-0.15, -0.1) is 0 Å². The third kappa shape index (κ3) is 3.24. The maximum absolute atomic E-state index is 9.19. The van der Waals surface area contributed by atoms with Crippen LogP contribution in [0.5, 0.6) is 5.75 Å². The number of hydrogen-bond donors (Lipinski definition) is 1. The molecule has 0 spiro atoms. The van der Waals surface area contributed by atoms with E-state index in [2.05, 4.69) is 19.9 Å². The van der Waals surface area contributed by atoms with Crippen molar-refractivity contribution in [2.24, 2.45) is 5.92 Å². The van der Waals surface area contributed by atoms with Gasteiger partial charge in [0, 0.05) is 5.56 Å². The van der Waals surface area contributed by atoms with Crippen LogP contribution in [0.4, 0.5) is 0 Å². The molecule has 0 amide bonds. The Balaban J connectivity index is 2.83. The molecule has 0 fully saturated rings. The molecule has 2 nitrogen and oxygen atoms in total. The van der Waals surface area contributed by atoms with E-state index in [1.807, 2.05) is 12.1 Å². The number of methoxy groups -OCH3 is 1. The van der Waals surface area contributed by atoms with Gasteiger partial charge in [-0.05, 0) is 30.0 Å². The average molecular weight is 208 g/mol. The molecular formula is C13H20O2. The molecule has 1 aromatic carbocycles. The van der Waals surface area contributed by atoms with Gasteiger partial charge in [-0.25, -0.2) is 0 Å². The molecule has 0 saturated heterocycles. The van der Waals surface area contributed by atoms with Crippen LogP contribution < -0.4 is 4.74 Å². The second kappa shape index (κ2) is 5.76. The summed E-state index contributed by atoms with van der Waals surface area (Å²) in [6.07, 6.45) is 2.24. The van der Waals surface area contributed by atoms with Crippen LogP contribution >= 0.6 is 0 Å². The van der Waals surface area contributed by atoms with Gasteiger partial charge in [0.05, 0.1) is 13.7 Å².